The van der Waals surface area contributed by atoms with Crippen LogP contribution in [0.25, 0.3) is 38.6 Å². The molecule has 3 heterocycles. The van der Waals surface area contributed by atoms with Gasteiger partial charge in [0.25, 0.3) is 5.91 Å². The molecule has 0 N–H and O–H groups in total. The van der Waals surface area contributed by atoms with Crippen molar-refractivity contribution < 1.29 is 4.79 Å². The largest absolute Gasteiger partial charge is 0.352 e. The number of nitrogens with zero attached hydrogens (tertiary/aromatic N) is 5. The van der Waals surface area contributed by atoms with Gasteiger partial charge >= 0.3 is 0 Å². The molecule has 1 fully saturated rings. The van der Waals surface area contributed by atoms with E-state index in [1.165, 1.54) is 5.56 Å². The molecule has 0 unspecified atom stereocenters. The molecule has 196 valence electrons. The fourth-order valence-corrected chi connectivity index (χ4v) is 5.80. The summed E-state index contributed by atoms with van der Waals surface area (Å²) in [5, 5.41) is 3.12. The standard InChI is InChI=1S/C34H29N5O/c1-24-9-7-14-27(21-24)39-22-30(26-10-3-2-4-11-26)31-32(35-23-36-33(31)39)37-17-19-38(20-18-37)34(40)29-16-8-13-25-12-5-6-15-28(25)29/h2-16,21-23H,17-20H2,1H3. The smallest absolute Gasteiger partial charge is 0.254 e. The summed E-state index contributed by atoms with van der Waals surface area (Å²) in [4.78, 5) is 27.4. The average Bonchev–Trinajstić information content (AvgIpc) is 3.41. The number of rotatable bonds is 4. The van der Waals surface area contributed by atoms with Crippen LogP contribution in [0.15, 0.2) is 110 Å². The third kappa shape index (κ3) is 4.18. The van der Waals surface area contributed by atoms with Gasteiger partial charge in [-0.3, -0.25) is 4.79 Å². The van der Waals surface area contributed by atoms with E-state index in [0.29, 0.717) is 26.2 Å². The highest BCUT2D eigenvalue weighted by atomic mass is 16.2. The van der Waals surface area contributed by atoms with Crippen LogP contribution in [0.1, 0.15) is 15.9 Å². The quantitative estimate of drug-likeness (QED) is 0.264. The first-order chi connectivity index (χ1) is 19.7. The zero-order valence-corrected chi connectivity index (χ0v) is 22.4. The maximum absolute atomic E-state index is 13.6. The van der Waals surface area contributed by atoms with Crippen LogP contribution < -0.4 is 4.90 Å². The Labute approximate surface area is 233 Å². The molecule has 6 heteroatoms. The molecule has 1 aliphatic heterocycles. The zero-order valence-electron chi connectivity index (χ0n) is 22.4. The Morgan fingerprint density at radius 3 is 2.35 bits per heavy atom. The molecule has 0 bridgehead atoms. The van der Waals surface area contributed by atoms with Gasteiger partial charge in [0.1, 0.15) is 12.1 Å². The van der Waals surface area contributed by atoms with Gasteiger partial charge in [0.15, 0.2) is 5.65 Å². The molecule has 0 saturated carbocycles. The van der Waals surface area contributed by atoms with Gasteiger partial charge in [-0.05, 0) is 47.0 Å². The number of hydrogen-bond acceptors (Lipinski definition) is 4. The average molecular weight is 524 g/mol. The number of anilines is 1. The lowest BCUT2D eigenvalue weighted by molar-refractivity contribution is 0.0748. The number of carbonyl (C=O) groups is 1. The molecule has 2 aromatic heterocycles. The molecule has 4 aromatic carbocycles. The van der Waals surface area contributed by atoms with E-state index in [1.807, 2.05) is 41.3 Å². The van der Waals surface area contributed by atoms with Crippen molar-refractivity contribution in [1.29, 1.82) is 0 Å². The van der Waals surface area contributed by atoms with Gasteiger partial charge in [0.2, 0.25) is 0 Å². The third-order valence-corrected chi connectivity index (χ3v) is 7.81. The Morgan fingerprint density at radius 2 is 1.52 bits per heavy atom. The third-order valence-electron chi connectivity index (χ3n) is 7.81. The first kappa shape index (κ1) is 24.1. The minimum Gasteiger partial charge on any atom is -0.352 e. The number of amides is 1. The molecule has 7 rings (SSSR count). The topological polar surface area (TPSA) is 54.3 Å². The minimum absolute atomic E-state index is 0.0832. The van der Waals surface area contributed by atoms with Crippen LogP contribution in [0.2, 0.25) is 0 Å². The van der Waals surface area contributed by atoms with E-state index < -0.39 is 0 Å². The normalized spacial score (nSPS) is 13.7. The van der Waals surface area contributed by atoms with Crippen molar-refractivity contribution in [2.75, 3.05) is 31.1 Å². The Hall–Kier alpha value is -4.97. The molecule has 0 atom stereocenters. The van der Waals surface area contributed by atoms with E-state index in [9.17, 15) is 4.79 Å². The van der Waals surface area contributed by atoms with Crippen molar-refractivity contribution >= 4 is 33.5 Å². The van der Waals surface area contributed by atoms with Gasteiger partial charge in [0, 0.05) is 49.2 Å². The van der Waals surface area contributed by atoms with Gasteiger partial charge in [-0.15, -0.1) is 0 Å². The number of aromatic nitrogens is 3. The van der Waals surface area contributed by atoms with Crippen LogP contribution in [0.5, 0.6) is 0 Å². The number of benzene rings is 4. The first-order valence-corrected chi connectivity index (χ1v) is 13.7. The monoisotopic (exact) mass is 523 g/mol. The fourth-order valence-electron chi connectivity index (χ4n) is 5.80. The molecule has 1 amide bonds. The van der Waals surface area contributed by atoms with Gasteiger partial charge in [0.05, 0.1) is 5.39 Å². The van der Waals surface area contributed by atoms with Crippen LogP contribution in [0, 0.1) is 6.92 Å². The van der Waals surface area contributed by atoms with Crippen molar-refractivity contribution in [3.63, 3.8) is 0 Å². The predicted octanol–water partition coefficient (Wildman–Crippen LogP) is 6.51. The Morgan fingerprint density at radius 1 is 0.775 bits per heavy atom. The molecule has 1 saturated heterocycles. The van der Waals surface area contributed by atoms with Crippen LogP contribution >= 0.6 is 0 Å². The van der Waals surface area contributed by atoms with Gasteiger partial charge < -0.3 is 14.4 Å². The van der Waals surface area contributed by atoms with Crippen LogP contribution in [-0.2, 0) is 0 Å². The zero-order chi connectivity index (χ0) is 27.1. The summed E-state index contributed by atoms with van der Waals surface area (Å²) in [5.74, 6) is 0.993. The lowest BCUT2D eigenvalue weighted by Crippen LogP contribution is -2.49. The molecule has 6 aromatic rings. The van der Waals surface area contributed by atoms with E-state index in [0.717, 1.165) is 50.0 Å². The molecular formula is C34H29N5O. The lowest BCUT2D eigenvalue weighted by Gasteiger charge is -2.36. The van der Waals surface area contributed by atoms with Gasteiger partial charge in [-0.1, -0.05) is 78.9 Å². The number of piperazine rings is 1. The minimum atomic E-state index is 0.0832. The molecule has 0 aliphatic carbocycles. The maximum Gasteiger partial charge on any atom is 0.254 e. The Kier molecular flexibility index (Phi) is 6.00. The van der Waals surface area contributed by atoms with E-state index >= 15 is 0 Å². The van der Waals surface area contributed by atoms with Crippen LogP contribution in [-0.4, -0.2) is 51.5 Å². The second-order valence-electron chi connectivity index (χ2n) is 10.3. The summed E-state index contributed by atoms with van der Waals surface area (Å²) in [7, 11) is 0. The van der Waals surface area contributed by atoms with E-state index in [2.05, 4.69) is 83.3 Å². The van der Waals surface area contributed by atoms with Crippen LogP contribution in [0.4, 0.5) is 5.82 Å². The van der Waals surface area contributed by atoms with Crippen molar-refractivity contribution in [2.45, 2.75) is 6.92 Å². The number of fused-ring (bicyclic) bond motifs is 2. The lowest BCUT2D eigenvalue weighted by atomic mass is 10.0. The van der Waals surface area contributed by atoms with Crippen molar-refractivity contribution in [2.24, 2.45) is 0 Å². The summed E-state index contributed by atoms with van der Waals surface area (Å²) < 4.78 is 2.16. The van der Waals surface area contributed by atoms with E-state index in [4.69, 9.17) is 9.97 Å². The molecule has 0 spiro atoms. The van der Waals surface area contributed by atoms with Crippen LogP contribution in [0.3, 0.4) is 0 Å². The van der Waals surface area contributed by atoms with Gasteiger partial charge in [-0.25, -0.2) is 9.97 Å². The predicted molar refractivity (Wildman–Crippen MR) is 161 cm³/mol. The SMILES string of the molecule is Cc1cccc(-n2cc(-c3ccccc3)c3c(N4CCN(C(=O)c5cccc6ccccc56)CC4)ncnc32)c1. The first-order valence-electron chi connectivity index (χ1n) is 13.7. The highest BCUT2D eigenvalue weighted by Crippen LogP contribution is 2.37. The Balaban J connectivity index is 1.24. The number of hydrogen-bond donors (Lipinski definition) is 0. The van der Waals surface area contributed by atoms with Crippen molar-refractivity contribution in [3.05, 3.63) is 121 Å². The van der Waals surface area contributed by atoms with Gasteiger partial charge in [-0.2, -0.15) is 0 Å². The highest BCUT2D eigenvalue weighted by Gasteiger charge is 2.27. The second-order valence-corrected chi connectivity index (χ2v) is 10.3. The summed E-state index contributed by atoms with van der Waals surface area (Å²) in [5.41, 5.74) is 6.13. The molecule has 40 heavy (non-hydrogen) atoms. The highest BCUT2D eigenvalue weighted by molar-refractivity contribution is 6.07. The summed E-state index contributed by atoms with van der Waals surface area (Å²) in [6, 6.07) is 32.9. The maximum atomic E-state index is 13.6. The van der Waals surface area contributed by atoms with E-state index in [-0.39, 0.29) is 5.91 Å². The van der Waals surface area contributed by atoms with E-state index in [1.54, 1.807) is 6.33 Å². The molecular weight excluding hydrogens is 494 g/mol. The molecule has 6 nitrogen and oxygen atoms in total. The molecule has 0 radical (unpaired) electrons. The van der Waals surface area contributed by atoms with Crippen molar-refractivity contribution in [3.8, 4) is 16.8 Å². The summed E-state index contributed by atoms with van der Waals surface area (Å²) >= 11 is 0. The number of aryl methyl sites for hydroxylation is 1. The fraction of sp³-hybridized carbons (Fsp3) is 0.147. The Bertz CT molecular complexity index is 1850. The second kappa shape index (κ2) is 9.97. The molecule has 1 aliphatic rings. The number of carbonyl (C=O) groups excluding carboxylic acids is 1. The summed E-state index contributed by atoms with van der Waals surface area (Å²) in [6.45, 7) is 4.77. The van der Waals surface area contributed by atoms with Crippen molar-refractivity contribution in [1.82, 2.24) is 19.4 Å². The summed E-state index contributed by atoms with van der Waals surface area (Å²) in [6.07, 6.45) is 3.83.